The number of methoxy groups -OCH3 is 2. The summed E-state index contributed by atoms with van der Waals surface area (Å²) in [5.41, 5.74) is 3.62. The summed E-state index contributed by atoms with van der Waals surface area (Å²) in [4.78, 5) is 0. The average Bonchev–Trinajstić information content (AvgIpc) is 2.81. The number of hydrogen-bond donors (Lipinski definition) is 2. The Bertz CT molecular complexity index is 952. The smallest absolute Gasteiger partial charge is 0.131 e. The maximum absolute atomic E-state index is 10.2. The van der Waals surface area contributed by atoms with Gasteiger partial charge in [0.25, 0.3) is 0 Å². The van der Waals surface area contributed by atoms with Gasteiger partial charge in [-0.25, -0.2) is 0 Å². The van der Waals surface area contributed by atoms with E-state index in [1.54, 1.807) is 14.2 Å². The van der Waals surface area contributed by atoms with Gasteiger partial charge in [-0.05, 0) is 31.6 Å². The quantitative estimate of drug-likeness (QED) is 0.395. The minimum atomic E-state index is -0.704. The Morgan fingerprint density at radius 2 is 1.38 bits per heavy atom. The molecule has 0 radical (unpaired) electrons. The number of hydrogen-bond acceptors (Lipinski definition) is 6. The fourth-order valence-corrected chi connectivity index (χ4v) is 4.52. The molecule has 0 fully saturated rings. The van der Waals surface area contributed by atoms with Crippen LogP contribution in [0.4, 0.5) is 0 Å². The number of fused-ring (bicyclic) bond motifs is 2. The Balaban J connectivity index is 1.98. The first-order chi connectivity index (χ1) is 16.4. The summed E-state index contributed by atoms with van der Waals surface area (Å²) in [6.45, 7) is 5.27. The fraction of sp³-hybridized carbons (Fsp3) is 0.571. The van der Waals surface area contributed by atoms with Crippen molar-refractivity contribution in [2.45, 2.75) is 58.2 Å². The molecule has 1 aliphatic carbocycles. The third kappa shape index (κ3) is 6.95. The van der Waals surface area contributed by atoms with E-state index in [1.807, 2.05) is 24.3 Å². The molecule has 1 aliphatic rings. The van der Waals surface area contributed by atoms with Crippen LogP contribution >= 0.6 is 0 Å². The summed E-state index contributed by atoms with van der Waals surface area (Å²) in [6.07, 6.45) is 5.91. The van der Waals surface area contributed by atoms with Gasteiger partial charge >= 0.3 is 0 Å². The number of rotatable bonds is 14. The standard InChI is InChI=1S/C28H40O6/c1-19(2)8-7-9-20-12-13-25-26(14-20)28(34-18-22(30)16-32-4)24-11-6-5-10-23(24)27(25)33-17-21(29)15-31-3/h5-6,10-12,19,21-22,29-30H,7-9,13-18H2,1-4H3. The summed E-state index contributed by atoms with van der Waals surface area (Å²) in [5, 5.41) is 22.3. The van der Waals surface area contributed by atoms with Crippen molar-refractivity contribution in [2.24, 2.45) is 5.92 Å². The van der Waals surface area contributed by atoms with Crippen LogP contribution in [0.15, 0.2) is 35.9 Å². The van der Waals surface area contributed by atoms with Gasteiger partial charge in [-0.2, -0.15) is 0 Å². The molecular formula is C28H40O6. The highest BCUT2D eigenvalue weighted by Crippen LogP contribution is 2.44. The first-order valence-corrected chi connectivity index (χ1v) is 12.3. The van der Waals surface area contributed by atoms with Gasteiger partial charge in [-0.1, -0.05) is 56.2 Å². The number of ether oxygens (including phenoxy) is 4. The number of aliphatic hydroxyl groups is 2. The van der Waals surface area contributed by atoms with Gasteiger partial charge in [-0.15, -0.1) is 0 Å². The maximum Gasteiger partial charge on any atom is 0.131 e. The van der Waals surface area contributed by atoms with E-state index in [9.17, 15) is 10.2 Å². The van der Waals surface area contributed by atoms with E-state index in [2.05, 4.69) is 19.9 Å². The molecule has 3 rings (SSSR count). The fourth-order valence-electron chi connectivity index (χ4n) is 4.52. The average molecular weight is 473 g/mol. The molecule has 0 aliphatic heterocycles. The summed E-state index contributed by atoms with van der Waals surface area (Å²) in [6, 6.07) is 8.02. The highest BCUT2D eigenvalue weighted by atomic mass is 16.5. The van der Waals surface area contributed by atoms with Crippen LogP contribution in [0.1, 0.15) is 44.2 Å². The second-order valence-electron chi connectivity index (χ2n) is 9.53. The van der Waals surface area contributed by atoms with Gasteiger partial charge in [0.15, 0.2) is 0 Å². The van der Waals surface area contributed by atoms with E-state index >= 15 is 0 Å². The second kappa shape index (κ2) is 13.1. The zero-order valence-electron chi connectivity index (χ0n) is 21.0. The molecule has 0 bridgehead atoms. The molecule has 2 aromatic rings. The molecule has 2 N–H and O–H groups in total. The molecule has 2 aromatic carbocycles. The van der Waals surface area contributed by atoms with Crippen LogP contribution in [-0.2, 0) is 22.3 Å². The summed E-state index contributed by atoms with van der Waals surface area (Å²) >= 11 is 0. The minimum absolute atomic E-state index is 0.155. The maximum atomic E-state index is 10.2. The SMILES string of the molecule is COCC(O)COc1c2c(c(OCC(O)COC)c3ccccc13)CC(CCCC(C)C)=CC2. The van der Waals surface area contributed by atoms with Crippen molar-refractivity contribution in [2.75, 3.05) is 40.6 Å². The van der Waals surface area contributed by atoms with E-state index in [-0.39, 0.29) is 26.4 Å². The van der Waals surface area contributed by atoms with Gasteiger partial charge in [0.2, 0.25) is 0 Å². The lowest BCUT2D eigenvalue weighted by Crippen LogP contribution is -2.24. The van der Waals surface area contributed by atoms with Crippen LogP contribution in [0.3, 0.4) is 0 Å². The van der Waals surface area contributed by atoms with Gasteiger partial charge in [-0.3, -0.25) is 0 Å². The van der Waals surface area contributed by atoms with Crippen molar-refractivity contribution in [3.63, 3.8) is 0 Å². The van der Waals surface area contributed by atoms with Crippen molar-refractivity contribution in [3.05, 3.63) is 47.0 Å². The number of aliphatic hydroxyl groups excluding tert-OH is 2. The molecule has 0 saturated heterocycles. The van der Waals surface area contributed by atoms with Crippen molar-refractivity contribution in [1.29, 1.82) is 0 Å². The molecular weight excluding hydrogens is 432 g/mol. The zero-order chi connectivity index (χ0) is 24.5. The lowest BCUT2D eigenvalue weighted by molar-refractivity contribution is 0.0318. The van der Waals surface area contributed by atoms with Crippen LogP contribution < -0.4 is 9.47 Å². The van der Waals surface area contributed by atoms with Crippen LogP contribution in [0.2, 0.25) is 0 Å². The topological polar surface area (TPSA) is 77.4 Å². The first kappa shape index (κ1) is 26.5. The molecule has 0 aromatic heterocycles. The van der Waals surface area contributed by atoms with Crippen molar-refractivity contribution >= 4 is 10.8 Å². The Labute approximate surface area is 203 Å². The molecule has 188 valence electrons. The monoisotopic (exact) mass is 472 g/mol. The summed E-state index contributed by atoms with van der Waals surface area (Å²) in [7, 11) is 3.13. The van der Waals surface area contributed by atoms with E-state index < -0.39 is 12.2 Å². The minimum Gasteiger partial charge on any atom is -0.490 e. The Morgan fingerprint density at radius 1 is 0.824 bits per heavy atom. The summed E-state index contributed by atoms with van der Waals surface area (Å²) in [5.74, 6) is 2.29. The van der Waals surface area contributed by atoms with E-state index in [4.69, 9.17) is 18.9 Å². The van der Waals surface area contributed by atoms with Crippen molar-refractivity contribution in [1.82, 2.24) is 0 Å². The van der Waals surface area contributed by atoms with Gasteiger partial charge in [0.05, 0.1) is 13.2 Å². The highest BCUT2D eigenvalue weighted by molar-refractivity contribution is 5.96. The largest absolute Gasteiger partial charge is 0.490 e. The van der Waals surface area contributed by atoms with Crippen LogP contribution in [0.25, 0.3) is 10.8 Å². The third-order valence-electron chi connectivity index (χ3n) is 6.17. The van der Waals surface area contributed by atoms with Gasteiger partial charge < -0.3 is 29.2 Å². The predicted molar refractivity (Wildman–Crippen MR) is 135 cm³/mol. The molecule has 0 saturated carbocycles. The van der Waals surface area contributed by atoms with E-state index in [0.717, 1.165) is 52.7 Å². The first-order valence-electron chi connectivity index (χ1n) is 12.3. The van der Waals surface area contributed by atoms with Crippen molar-refractivity contribution in [3.8, 4) is 11.5 Å². The second-order valence-corrected chi connectivity index (χ2v) is 9.53. The van der Waals surface area contributed by atoms with Crippen molar-refractivity contribution < 1.29 is 29.2 Å². The third-order valence-corrected chi connectivity index (χ3v) is 6.17. The van der Waals surface area contributed by atoms with Crippen LogP contribution in [0.5, 0.6) is 11.5 Å². The number of benzene rings is 2. The Morgan fingerprint density at radius 3 is 1.91 bits per heavy atom. The highest BCUT2D eigenvalue weighted by Gasteiger charge is 2.25. The molecule has 2 unspecified atom stereocenters. The van der Waals surface area contributed by atoms with Crippen LogP contribution in [-0.4, -0.2) is 63.1 Å². The molecule has 0 amide bonds. The van der Waals surface area contributed by atoms with E-state index in [1.165, 1.54) is 18.4 Å². The normalized spacial score (nSPS) is 15.2. The van der Waals surface area contributed by atoms with Crippen LogP contribution in [0, 0.1) is 5.92 Å². The predicted octanol–water partition coefficient (Wildman–Crippen LogP) is 4.46. The lowest BCUT2D eigenvalue weighted by Gasteiger charge is -2.27. The number of allylic oxidation sites excluding steroid dienone is 2. The Kier molecular flexibility index (Phi) is 10.2. The van der Waals surface area contributed by atoms with E-state index in [0.29, 0.717) is 5.92 Å². The Hall–Kier alpha value is -2.12. The zero-order valence-corrected chi connectivity index (χ0v) is 21.0. The molecule has 6 heteroatoms. The molecule has 0 spiro atoms. The lowest BCUT2D eigenvalue weighted by atomic mass is 9.85. The molecule has 6 nitrogen and oxygen atoms in total. The molecule has 0 heterocycles. The molecule has 34 heavy (non-hydrogen) atoms. The molecule has 2 atom stereocenters. The summed E-state index contributed by atoms with van der Waals surface area (Å²) < 4.78 is 22.6. The van der Waals surface area contributed by atoms with Gasteiger partial charge in [0.1, 0.15) is 36.9 Å². The van der Waals surface area contributed by atoms with Gasteiger partial charge in [0, 0.05) is 36.1 Å².